The van der Waals surface area contributed by atoms with E-state index in [1.165, 1.54) is 18.9 Å². The number of nitrogens with zero attached hydrogens (tertiary/aromatic N) is 2. The Kier molecular flexibility index (Phi) is 5.59. The molecule has 0 aromatic rings. The first-order valence-corrected chi connectivity index (χ1v) is 7.38. The van der Waals surface area contributed by atoms with Gasteiger partial charge in [-0.1, -0.05) is 0 Å². The Hall–Kier alpha value is -2.30. The molecule has 1 heterocycles. The van der Waals surface area contributed by atoms with Gasteiger partial charge in [-0.2, -0.15) is 5.26 Å². The quantitative estimate of drug-likeness (QED) is 0.774. The van der Waals surface area contributed by atoms with E-state index in [0.717, 1.165) is 0 Å². The van der Waals surface area contributed by atoms with Crippen LogP contribution in [0.2, 0.25) is 0 Å². The maximum absolute atomic E-state index is 12.5. The summed E-state index contributed by atoms with van der Waals surface area (Å²) in [5.41, 5.74) is -2.32. The summed E-state index contributed by atoms with van der Waals surface area (Å²) in [7, 11) is 1.17. The Morgan fingerprint density at radius 2 is 1.96 bits per heavy atom. The third kappa shape index (κ3) is 4.12. The van der Waals surface area contributed by atoms with Crippen LogP contribution in [-0.4, -0.2) is 53.7 Å². The van der Waals surface area contributed by atoms with Crippen LogP contribution >= 0.6 is 0 Å². The zero-order valence-electron chi connectivity index (χ0n) is 14.1. The molecule has 0 aliphatic carbocycles. The van der Waals surface area contributed by atoms with Crippen LogP contribution in [0.1, 0.15) is 40.5 Å². The van der Waals surface area contributed by atoms with Gasteiger partial charge < -0.3 is 19.7 Å². The average molecular weight is 325 g/mol. The number of methoxy groups -OCH3 is 1. The van der Waals surface area contributed by atoms with Gasteiger partial charge in [0.25, 0.3) is 0 Å². The molecule has 0 aromatic carbocycles. The monoisotopic (exact) mass is 325 g/mol. The Bertz CT molecular complexity index is 534. The molecule has 8 nitrogen and oxygen atoms in total. The number of hydrogen-bond acceptors (Lipinski definition) is 6. The van der Waals surface area contributed by atoms with E-state index in [-0.39, 0.29) is 13.0 Å². The molecule has 2 atom stereocenters. The minimum Gasteiger partial charge on any atom is -0.466 e. The van der Waals surface area contributed by atoms with E-state index < -0.39 is 35.2 Å². The number of alkyl carbamates (subject to hydrolysis) is 1. The van der Waals surface area contributed by atoms with Gasteiger partial charge in [0.2, 0.25) is 11.4 Å². The second-order valence-electron chi connectivity index (χ2n) is 6.43. The summed E-state index contributed by atoms with van der Waals surface area (Å²) in [6.07, 6.45) is -0.0209. The summed E-state index contributed by atoms with van der Waals surface area (Å²) >= 11 is 0. The Morgan fingerprint density at radius 3 is 2.43 bits per heavy atom. The second kappa shape index (κ2) is 6.86. The standard InChI is InChI=1S/C15H23N3O5/c1-10(17-13(21)23-14(2,3)4)11(19)18-8-6-7-15(18,9-16)12(20)22-5/h10H,6-8H2,1-5H3,(H,17,21)/t10-,15+/m0/s1. The molecule has 128 valence electrons. The first-order valence-electron chi connectivity index (χ1n) is 7.38. The molecule has 0 radical (unpaired) electrons. The van der Waals surface area contributed by atoms with Crippen molar-refractivity contribution in [2.75, 3.05) is 13.7 Å². The highest BCUT2D eigenvalue weighted by Crippen LogP contribution is 2.30. The van der Waals surface area contributed by atoms with E-state index in [0.29, 0.717) is 6.42 Å². The molecule has 1 fully saturated rings. The molecule has 1 rings (SSSR count). The van der Waals surface area contributed by atoms with Gasteiger partial charge in [0, 0.05) is 6.54 Å². The van der Waals surface area contributed by atoms with E-state index in [1.54, 1.807) is 20.8 Å². The molecule has 1 aliphatic heterocycles. The molecule has 1 N–H and O–H groups in total. The fourth-order valence-electron chi connectivity index (χ4n) is 2.44. The zero-order valence-corrected chi connectivity index (χ0v) is 14.1. The van der Waals surface area contributed by atoms with Crippen LogP contribution in [-0.2, 0) is 19.1 Å². The normalized spacial score (nSPS) is 22.0. The molecule has 1 saturated heterocycles. The summed E-state index contributed by atoms with van der Waals surface area (Å²) in [6, 6.07) is 0.962. The van der Waals surface area contributed by atoms with Gasteiger partial charge in [0.15, 0.2) is 0 Å². The smallest absolute Gasteiger partial charge is 0.408 e. The van der Waals surface area contributed by atoms with Crippen molar-refractivity contribution in [3.05, 3.63) is 0 Å². The first-order chi connectivity index (χ1) is 10.6. The molecular weight excluding hydrogens is 302 g/mol. The van der Waals surface area contributed by atoms with E-state index in [9.17, 15) is 19.6 Å². The Morgan fingerprint density at radius 1 is 1.35 bits per heavy atom. The molecule has 8 heteroatoms. The molecule has 0 aromatic heterocycles. The van der Waals surface area contributed by atoms with Crippen molar-refractivity contribution in [3.8, 4) is 6.07 Å². The number of ether oxygens (including phenoxy) is 2. The lowest BCUT2D eigenvalue weighted by Gasteiger charge is -2.32. The number of esters is 1. The lowest BCUT2D eigenvalue weighted by Crippen LogP contribution is -2.57. The summed E-state index contributed by atoms with van der Waals surface area (Å²) in [5, 5.41) is 11.8. The Labute approximate surface area is 135 Å². The molecule has 2 amide bonds. The van der Waals surface area contributed by atoms with Crippen LogP contribution < -0.4 is 5.32 Å². The second-order valence-corrected chi connectivity index (χ2v) is 6.43. The largest absolute Gasteiger partial charge is 0.466 e. The highest BCUT2D eigenvalue weighted by molar-refractivity contribution is 5.94. The first kappa shape index (κ1) is 18.7. The van der Waals surface area contributed by atoms with Crippen LogP contribution in [0.25, 0.3) is 0 Å². The predicted octanol–water partition coefficient (Wildman–Crippen LogP) is 0.957. The number of nitrogens with one attached hydrogen (secondary N) is 1. The zero-order chi connectivity index (χ0) is 17.8. The van der Waals surface area contributed by atoms with Crippen molar-refractivity contribution >= 4 is 18.0 Å². The molecule has 0 bridgehead atoms. The highest BCUT2D eigenvalue weighted by atomic mass is 16.6. The summed E-state index contributed by atoms with van der Waals surface area (Å²) in [4.78, 5) is 37.4. The number of carbonyl (C=O) groups is 3. The molecule has 0 spiro atoms. The van der Waals surface area contributed by atoms with Crippen molar-refractivity contribution in [1.82, 2.24) is 10.2 Å². The summed E-state index contributed by atoms with van der Waals surface area (Å²) in [6.45, 7) is 6.85. The fourth-order valence-corrected chi connectivity index (χ4v) is 2.44. The van der Waals surface area contributed by atoms with Crippen LogP contribution in [0.5, 0.6) is 0 Å². The third-order valence-electron chi connectivity index (χ3n) is 3.46. The maximum atomic E-state index is 12.5. The number of carbonyl (C=O) groups excluding carboxylic acids is 3. The third-order valence-corrected chi connectivity index (χ3v) is 3.46. The van der Waals surface area contributed by atoms with Gasteiger partial charge in [0.05, 0.1) is 7.11 Å². The SMILES string of the molecule is COC(=O)[C@]1(C#N)CCCN1C(=O)[C@H](C)NC(=O)OC(C)(C)C. The van der Waals surface area contributed by atoms with Crippen molar-refractivity contribution in [2.45, 2.75) is 57.7 Å². The minimum atomic E-state index is -1.63. The molecule has 0 saturated carbocycles. The average Bonchev–Trinajstić information content (AvgIpc) is 2.88. The summed E-state index contributed by atoms with van der Waals surface area (Å²) < 4.78 is 9.76. The maximum Gasteiger partial charge on any atom is 0.408 e. The van der Waals surface area contributed by atoms with E-state index in [1.807, 2.05) is 6.07 Å². The van der Waals surface area contributed by atoms with E-state index >= 15 is 0 Å². The number of hydrogen-bond donors (Lipinski definition) is 1. The van der Waals surface area contributed by atoms with Gasteiger partial charge >= 0.3 is 12.1 Å². The van der Waals surface area contributed by atoms with Crippen LogP contribution in [0.3, 0.4) is 0 Å². The van der Waals surface area contributed by atoms with Crippen molar-refractivity contribution in [2.24, 2.45) is 0 Å². The van der Waals surface area contributed by atoms with Crippen molar-refractivity contribution in [3.63, 3.8) is 0 Å². The number of likely N-dealkylation sites (tertiary alicyclic amines) is 1. The van der Waals surface area contributed by atoms with Gasteiger partial charge in [-0.25, -0.2) is 9.59 Å². The number of nitriles is 1. The topological polar surface area (TPSA) is 109 Å². The van der Waals surface area contributed by atoms with Crippen molar-refractivity contribution in [1.29, 1.82) is 5.26 Å². The van der Waals surface area contributed by atoms with Crippen LogP contribution in [0, 0.1) is 11.3 Å². The predicted molar refractivity (Wildman–Crippen MR) is 80.1 cm³/mol. The lowest BCUT2D eigenvalue weighted by atomic mass is 9.97. The lowest BCUT2D eigenvalue weighted by molar-refractivity contribution is -0.156. The molecule has 0 unspecified atom stereocenters. The number of rotatable bonds is 3. The number of amides is 2. The van der Waals surface area contributed by atoms with Crippen LogP contribution in [0.15, 0.2) is 0 Å². The van der Waals surface area contributed by atoms with Gasteiger partial charge in [-0.15, -0.1) is 0 Å². The van der Waals surface area contributed by atoms with E-state index in [4.69, 9.17) is 4.74 Å². The van der Waals surface area contributed by atoms with Crippen molar-refractivity contribution < 1.29 is 23.9 Å². The minimum absolute atomic E-state index is 0.209. The van der Waals surface area contributed by atoms with E-state index in [2.05, 4.69) is 10.1 Å². The molecule has 1 aliphatic rings. The molecule has 23 heavy (non-hydrogen) atoms. The van der Waals surface area contributed by atoms with Gasteiger partial charge in [-0.3, -0.25) is 4.79 Å². The van der Waals surface area contributed by atoms with Gasteiger partial charge in [-0.05, 0) is 40.5 Å². The summed E-state index contributed by atoms with van der Waals surface area (Å²) in [5.74, 6) is -1.30. The Balaban J connectivity index is 2.85. The van der Waals surface area contributed by atoms with Crippen LogP contribution in [0.4, 0.5) is 4.79 Å². The fraction of sp³-hybridized carbons (Fsp3) is 0.733. The molecular formula is C15H23N3O5. The van der Waals surface area contributed by atoms with Gasteiger partial charge in [0.1, 0.15) is 17.7 Å². The highest BCUT2D eigenvalue weighted by Gasteiger charge is 2.52.